The molecule has 0 saturated heterocycles. The molecule has 1 atom stereocenters. The number of fused-ring (bicyclic) bond motifs is 1. The average Bonchev–Trinajstić information content (AvgIpc) is 2.75. The van der Waals surface area contributed by atoms with Crippen LogP contribution in [0.15, 0.2) is 36.4 Å². The van der Waals surface area contributed by atoms with E-state index in [1.165, 1.54) is 5.56 Å². The molecule has 6 nitrogen and oxygen atoms in total. The van der Waals surface area contributed by atoms with Gasteiger partial charge in [-0.2, -0.15) is 0 Å². The predicted molar refractivity (Wildman–Crippen MR) is 111 cm³/mol. The molecule has 2 aromatic carbocycles. The Hall–Kier alpha value is -2.89. The van der Waals surface area contributed by atoms with Gasteiger partial charge in [0, 0.05) is 6.54 Å². The van der Waals surface area contributed by atoms with E-state index in [2.05, 4.69) is 13.8 Å². The number of hydrogen-bond donors (Lipinski definition) is 0. The third-order valence-corrected chi connectivity index (χ3v) is 5.29. The summed E-state index contributed by atoms with van der Waals surface area (Å²) in [4.78, 5) is 15.0. The smallest absolute Gasteiger partial charge is 0.261 e. The molecule has 156 valence electrons. The minimum atomic E-state index is -0.0488. The van der Waals surface area contributed by atoms with E-state index < -0.39 is 0 Å². The average molecular weight is 399 g/mol. The summed E-state index contributed by atoms with van der Waals surface area (Å²) in [5.41, 5.74) is 2.30. The Balaban J connectivity index is 1.83. The van der Waals surface area contributed by atoms with Gasteiger partial charge >= 0.3 is 0 Å². The molecule has 6 heteroatoms. The second kappa shape index (κ2) is 9.07. The van der Waals surface area contributed by atoms with Crippen molar-refractivity contribution in [3.05, 3.63) is 47.5 Å². The molecule has 0 spiro atoms. The van der Waals surface area contributed by atoms with Crippen LogP contribution in [0.3, 0.4) is 0 Å². The summed E-state index contributed by atoms with van der Waals surface area (Å²) >= 11 is 0. The van der Waals surface area contributed by atoms with E-state index in [4.69, 9.17) is 18.9 Å². The molecule has 0 bridgehead atoms. The number of para-hydroxylation sites is 2. The second-order valence-corrected chi connectivity index (χ2v) is 7.37. The van der Waals surface area contributed by atoms with Gasteiger partial charge in [0.05, 0.1) is 27.4 Å². The quantitative estimate of drug-likeness (QED) is 0.707. The molecule has 0 aliphatic carbocycles. The number of methoxy groups -OCH3 is 3. The monoisotopic (exact) mass is 399 g/mol. The highest BCUT2D eigenvalue weighted by Crippen LogP contribution is 2.41. The van der Waals surface area contributed by atoms with E-state index in [1.54, 1.807) is 27.4 Å². The third kappa shape index (κ3) is 4.26. The molecule has 1 heterocycles. The molecular formula is C23H29NO5. The molecule has 2 aromatic rings. The van der Waals surface area contributed by atoms with Crippen molar-refractivity contribution in [1.29, 1.82) is 0 Å². The van der Waals surface area contributed by atoms with Gasteiger partial charge in [-0.3, -0.25) is 4.79 Å². The molecule has 1 amide bonds. The minimum absolute atomic E-state index is 0.0355. The van der Waals surface area contributed by atoms with Crippen molar-refractivity contribution in [3.63, 3.8) is 0 Å². The molecule has 1 aliphatic heterocycles. The molecule has 3 rings (SSSR count). The van der Waals surface area contributed by atoms with Crippen LogP contribution in [0.2, 0.25) is 0 Å². The Kier molecular flexibility index (Phi) is 6.52. The van der Waals surface area contributed by atoms with Crippen LogP contribution in [0.1, 0.15) is 31.0 Å². The number of amides is 1. The summed E-state index contributed by atoms with van der Waals surface area (Å²) in [6.07, 6.45) is 0.763. The van der Waals surface area contributed by atoms with Crippen molar-refractivity contribution in [1.82, 2.24) is 4.90 Å². The highest BCUT2D eigenvalue weighted by atomic mass is 16.5. The van der Waals surface area contributed by atoms with E-state index in [-0.39, 0.29) is 24.5 Å². The first-order valence-corrected chi connectivity index (χ1v) is 9.80. The van der Waals surface area contributed by atoms with Crippen LogP contribution >= 0.6 is 0 Å². The van der Waals surface area contributed by atoms with Gasteiger partial charge < -0.3 is 23.8 Å². The summed E-state index contributed by atoms with van der Waals surface area (Å²) < 4.78 is 22.0. The lowest BCUT2D eigenvalue weighted by Gasteiger charge is -2.40. The fourth-order valence-corrected chi connectivity index (χ4v) is 3.94. The number of hydrogen-bond acceptors (Lipinski definition) is 5. The van der Waals surface area contributed by atoms with Gasteiger partial charge in [0.15, 0.2) is 29.6 Å². The Morgan fingerprint density at radius 2 is 1.62 bits per heavy atom. The fraction of sp³-hybridized carbons (Fsp3) is 0.435. The number of carbonyl (C=O) groups is 1. The summed E-state index contributed by atoms with van der Waals surface area (Å²) in [5, 5.41) is 0. The number of ether oxygens (including phenoxy) is 4. The summed E-state index contributed by atoms with van der Waals surface area (Å²) in [6, 6.07) is 11.3. The highest BCUT2D eigenvalue weighted by Gasteiger charge is 2.34. The molecule has 0 radical (unpaired) electrons. The van der Waals surface area contributed by atoms with Crippen molar-refractivity contribution in [3.8, 4) is 23.0 Å². The first kappa shape index (κ1) is 20.8. The lowest BCUT2D eigenvalue weighted by atomic mass is 9.85. The number of rotatable bonds is 7. The number of nitrogens with zero attached hydrogens (tertiary/aromatic N) is 1. The van der Waals surface area contributed by atoms with Crippen molar-refractivity contribution in [2.45, 2.75) is 26.3 Å². The molecule has 1 aliphatic rings. The molecule has 29 heavy (non-hydrogen) atoms. The predicted octanol–water partition coefficient (Wildman–Crippen LogP) is 3.87. The molecule has 1 unspecified atom stereocenters. The van der Waals surface area contributed by atoms with Gasteiger partial charge in [0.25, 0.3) is 5.91 Å². The van der Waals surface area contributed by atoms with E-state index in [1.807, 2.05) is 35.2 Å². The van der Waals surface area contributed by atoms with Gasteiger partial charge in [0.1, 0.15) is 0 Å². The second-order valence-electron chi connectivity index (χ2n) is 7.37. The van der Waals surface area contributed by atoms with Crippen molar-refractivity contribution < 1.29 is 23.7 Å². The lowest BCUT2D eigenvalue weighted by Crippen LogP contribution is -2.44. The minimum Gasteiger partial charge on any atom is -0.493 e. The van der Waals surface area contributed by atoms with Crippen LogP contribution in [-0.4, -0.2) is 45.3 Å². The van der Waals surface area contributed by atoms with E-state index in [0.29, 0.717) is 29.5 Å². The Bertz CT molecular complexity index is 864. The lowest BCUT2D eigenvalue weighted by molar-refractivity contribution is -0.137. The SMILES string of the molecule is COc1cc2c(cc1OC)C(C(C)C)N(C(=O)COc1ccccc1OC)CC2. The molecule has 0 aromatic heterocycles. The number of carbonyl (C=O) groups excluding carboxylic acids is 1. The van der Waals surface area contributed by atoms with Crippen molar-refractivity contribution in [2.24, 2.45) is 5.92 Å². The zero-order chi connectivity index (χ0) is 21.0. The fourth-order valence-electron chi connectivity index (χ4n) is 3.94. The van der Waals surface area contributed by atoms with Gasteiger partial charge in [-0.05, 0) is 47.7 Å². The summed E-state index contributed by atoms with van der Waals surface area (Å²) in [5.74, 6) is 2.76. The summed E-state index contributed by atoms with van der Waals surface area (Å²) in [6.45, 7) is 4.85. The van der Waals surface area contributed by atoms with Crippen molar-refractivity contribution in [2.75, 3.05) is 34.5 Å². The number of benzene rings is 2. The van der Waals surface area contributed by atoms with Crippen LogP contribution in [0.5, 0.6) is 23.0 Å². The maximum absolute atomic E-state index is 13.1. The van der Waals surface area contributed by atoms with Crippen LogP contribution in [-0.2, 0) is 11.2 Å². The topological polar surface area (TPSA) is 57.2 Å². The molecule has 0 fully saturated rings. The zero-order valence-corrected chi connectivity index (χ0v) is 17.7. The van der Waals surface area contributed by atoms with Crippen molar-refractivity contribution >= 4 is 5.91 Å². The standard InChI is InChI=1S/C23H29NO5/c1-15(2)23-17-13-21(28-5)20(27-4)12-16(17)10-11-24(23)22(25)14-29-19-9-7-6-8-18(19)26-3/h6-9,12-13,15,23H,10-11,14H2,1-5H3. The van der Waals surface area contributed by atoms with E-state index in [0.717, 1.165) is 12.0 Å². The Morgan fingerprint density at radius 3 is 2.24 bits per heavy atom. The van der Waals surface area contributed by atoms with E-state index in [9.17, 15) is 4.79 Å². The van der Waals surface area contributed by atoms with E-state index >= 15 is 0 Å². The zero-order valence-electron chi connectivity index (χ0n) is 17.7. The summed E-state index contributed by atoms with van der Waals surface area (Å²) in [7, 11) is 4.85. The maximum Gasteiger partial charge on any atom is 0.261 e. The van der Waals surface area contributed by atoms with Gasteiger partial charge in [-0.25, -0.2) is 0 Å². The van der Waals surface area contributed by atoms with Gasteiger partial charge in [0.2, 0.25) is 0 Å². The Labute approximate surface area is 172 Å². The Morgan fingerprint density at radius 1 is 1.00 bits per heavy atom. The van der Waals surface area contributed by atoms with Crippen LogP contribution in [0.25, 0.3) is 0 Å². The largest absolute Gasteiger partial charge is 0.493 e. The maximum atomic E-state index is 13.1. The van der Waals surface area contributed by atoms with Gasteiger partial charge in [-0.15, -0.1) is 0 Å². The van der Waals surface area contributed by atoms with Crippen LogP contribution in [0.4, 0.5) is 0 Å². The first-order valence-electron chi connectivity index (χ1n) is 9.80. The normalized spacial score (nSPS) is 15.7. The third-order valence-electron chi connectivity index (χ3n) is 5.29. The highest BCUT2D eigenvalue weighted by molar-refractivity contribution is 5.79. The van der Waals surface area contributed by atoms with Crippen LogP contribution < -0.4 is 18.9 Å². The molecule has 0 saturated carbocycles. The van der Waals surface area contributed by atoms with Crippen LogP contribution in [0, 0.1) is 5.92 Å². The molecular weight excluding hydrogens is 370 g/mol. The molecule has 0 N–H and O–H groups in total. The van der Waals surface area contributed by atoms with Gasteiger partial charge in [-0.1, -0.05) is 26.0 Å². The first-order chi connectivity index (χ1) is 14.0.